The molecule has 122 valence electrons. The molecule has 1 rings (SSSR count). The number of ether oxygens (including phenoxy) is 4. The average Bonchev–Trinajstić information content (AvgIpc) is 2.66. The standard InChI is InChI=1S/C13H20O6.C2H6/c1-7(2)17-12-8(3)18-11(6-16-9(4)14)13(12)19-10(5)15;1-2/h8,11-13H,1,6H2,2-5H3;1-2H3/t8-,11+,12-,13+;/m0./s1. The van der Waals surface area contributed by atoms with Gasteiger partial charge < -0.3 is 18.9 Å². The molecule has 6 nitrogen and oxygen atoms in total. The van der Waals surface area contributed by atoms with E-state index in [-0.39, 0.29) is 12.7 Å². The molecule has 0 unspecified atom stereocenters. The fourth-order valence-electron chi connectivity index (χ4n) is 1.97. The molecule has 0 amide bonds. The number of hydrogen-bond acceptors (Lipinski definition) is 6. The van der Waals surface area contributed by atoms with Crippen molar-refractivity contribution in [2.75, 3.05) is 6.61 Å². The summed E-state index contributed by atoms with van der Waals surface area (Å²) >= 11 is 0. The number of hydrogen-bond donors (Lipinski definition) is 0. The van der Waals surface area contributed by atoms with Crippen molar-refractivity contribution in [3.63, 3.8) is 0 Å². The number of allylic oxidation sites excluding steroid dienone is 1. The molecule has 0 radical (unpaired) electrons. The minimum absolute atomic E-state index is 0.0215. The highest BCUT2D eigenvalue weighted by atomic mass is 16.6. The largest absolute Gasteiger partial charge is 0.489 e. The Kier molecular flexibility index (Phi) is 8.69. The Hall–Kier alpha value is -1.56. The number of carbonyl (C=O) groups excluding carboxylic acids is 2. The van der Waals surface area contributed by atoms with Gasteiger partial charge in [0.15, 0.2) is 12.2 Å². The zero-order chi connectivity index (χ0) is 16.6. The van der Waals surface area contributed by atoms with Crippen molar-refractivity contribution < 1.29 is 28.5 Å². The smallest absolute Gasteiger partial charge is 0.303 e. The van der Waals surface area contributed by atoms with Crippen LogP contribution in [-0.4, -0.2) is 43.0 Å². The molecule has 1 saturated heterocycles. The fraction of sp³-hybridized carbons (Fsp3) is 0.733. The van der Waals surface area contributed by atoms with E-state index in [0.717, 1.165) is 0 Å². The normalized spacial score (nSPS) is 27.1. The van der Waals surface area contributed by atoms with Crippen LogP contribution in [0.4, 0.5) is 0 Å². The van der Waals surface area contributed by atoms with Crippen molar-refractivity contribution in [2.45, 2.75) is 66.0 Å². The van der Waals surface area contributed by atoms with E-state index in [1.807, 2.05) is 13.8 Å². The molecule has 1 fully saturated rings. The number of rotatable bonds is 5. The molecule has 4 atom stereocenters. The van der Waals surface area contributed by atoms with Crippen LogP contribution in [0.5, 0.6) is 0 Å². The highest BCUT2D eigenvalue weighted by Crippen LogP contribution is 2.28. The maximum absolute atomic E-state index is 11.2. The minimum Gasteiger partial charge on any atom is -0.489 e. The lowest BCUT2D eigenvalue weighted by molar-refractivity contribution is -0.157. The quantitative estimate of drug-likeness (QED) is 0.573. The summed E-state index contributed by atoms with van der Waals surface area (Å²) in [6.45, 7) is 13.8. The molecule has 0 N–H and O–H groups in total. The third-order valence-corrected chi connectivity index (χ3v) is 2.63. The SMILES string of the molecule is C=C(C)O[C@@H]1[C@H](OC(C)=O)[C@@H](COC(C)=O)O[C@H]1C.CC. The Morgan fingerprint density at radius 2 is 1.62 bits per heavy atom. The van der Waals surface area contributed by atoms with Gasteiger partial charge in [-0.15, -0.1) is 0 Å². The maximum Gasteiger partial charge on any atom is 0.303 e. The first-order valence-electron chi connectivity index (χ1n) is 7.09. The second kappa shape index (κ2) is 9.39. The van der Waals surface area contributed by atoms with Crippen molar-refractivity contribution in [2.24, 2.45) is 0 Å². The van der Waals surface area contributed by atoms with Crippen molar-refractivity contribution >= 4 is 11.9 Å². The second-order valence-corrected chi connectivity index (χ2v) is 4.54. The second-order valence-electron chi connectivity index (χ2n) is 4.54. The molecule has 0 spiro atoms. The van der Waals surface area contributed by atoms with Crippen molar-refractivity contribution in [3.8, 4) is 0 Å². The summed E-state index contributed by atoms with van der Waals surface area (Å²) in [6, 6.07) is 0. The summed E-state index contributed by atoms with van der Waals surface area (Å²) < 4.78 is 21.3. The summed E-state index contributed by atoms with van der Waals surface area (Å²) in [4.78, 5) is 22.0. The van der Waals surface area contributed by atoms with Gasteiger partial charge in [-0.25, -0.2) is 0 Å². The molecule has 6 heteroatoms. The molecule has 0 aromatic rings. The third kappa shape index (κ3) is 6.62. The zero-order valence-electron chi connectivity index (χ0n) is 13.7. The Morgan fingerprint density at radius 1 is 1.05 bits per heavy atom. The van der Waals surface area contributed by atoms with Gasteiger partial charge in [0.25, 0.3) is 0 Å². The lowest BCUT2D eigenvalue weighted by Gasteiger charge is -2.23. The van der Waals surface area contributed by atoms with Gasteiger partial charge >= 0.3 is 11.9 Å². The summed E-state index contributed by atoms with van der Waals surface area (Å²) in [6.07, 6.45) is -1.90. The molecule has 21 heavy (non-hydrogen) atoms. The predicted molar refractivity (Wildman–Crippen MR) is 77.6 cm³/mol. The van der Waals surface area contributed by atoms with Crippen LogP contribution in [0.1, 0.15) is 41.5 Å². The lowest BCUT2D eigenvalue weighted by Crippen LogP contribution is -2.39. The van der Waals surface area contributed by atoms with Gasteiger partial charge in [-0.2, -0.15) is 0 Å². The van der Waals surface area contributed by atoms with Gasteiger partial charge in [0.2, 0.25) is 0 Å². The Morgan fingerprint density at radius 3 is 2.05 bits per heavy atom. The van der Waals surface area contributed by atoms with E-state index in [1.54, 1.807) is 13.8 Å². The van der Waals surface area contributed by atoms with Gasteiger partial charge in [0.1, 0.15) is 12.7 Å². The molecule has 0 aromatic carbocycles. The molecular weight excluding hydrogens is 276 g/mol. The molecule has 1 aliphatic heterocycles. The van der Waals surface area contributed by atoms with E-state index in [9.17, 15) is 9.59 Å². The van der Waals surface area contributed by atoms with Crippen molar-refractivity contribution in [1.82, 2.24) is 0 Å². The van der Waals surface area contributed by atoms with Crippen LogP contribution in [0, 0.1) is 0 Å². The van der Waals surface area contributed by atoms with Crippen LogP contribution in [0.3, 0.4) is 0 Å². The lowest BCUT2D eigenvalue weighted by atomic mass is 10.1. The molecular formula is C15H26O6. The minimum atomic E-state index is -0.622. The number of esters is 2. The van der Waals surface area contributed by atoms with E-state index in [0.29, 0.717) is 5.76 Å². The fourth-order valence-corrected chi connectivity index (χ4v) is 1.97. The summed E-state index contributed by atoms with van der Waals surface area (Å²) in [5.74, 6) is -0.348. The van der Waals surface area contributed by atoms with E-state index in [2.05, 4.69) is 6.58 Å². The van der Waals surface area contributed by atoms with Crippen LogP contribution in [0.2, 0.25) is 0 Å². The van der Waals surface area contributed by atoms with Gasteiger partial charge in [0.05, 0.1) is 11.9 Å². The highest BCUT2D eigenvalue weighted by Gasteiger charge is 2.46. The first kappa shape index (κ1) is 19.4. The van der Waals surface area contributed by atoms with E-state index < -0.39 is 30.3 Å². The van der Waals surface area contributed by atoms with E-state index in [1.165, 1.54) is 13.8 Å². The molecule has 0 aliphatic carbocycles. The van der Waals surface area contributed by atoms with Crippen LogP contribution in [-0.2, 0) is 28.5 Å². The third-order valence-electron chi connectivity index (χ3n) is 2.63. The van der Waals surface area contributed by atoms with Crippen LogP contribution in [0.15, 0.2) is 12.3 Å². The molecule has 0 bridgehead atoms. The van der Waals surface area contributed by atoms with Crippen LogP contribution < -0.4 is 0 Å². The highest BCUT2D eigenvalue weighted by molar-refractivity contribution is 5.66. The van der Waals surface area contributed by atoms with Crippen LogP contribution in [0.25, 0.3) is 0 Å². The van der Waals surface area contributed by atoms with Crippen molar-refractivity contribution in [1.29, 1.82) is 0 Å². The maximum atomic E-state index is 11.2. The predicted octanol–water partition coefficient (Wildman–Crippen LogP) is 2.21. The molecule has 1 heterocycles. The summed E-state index contributed by atoms with van der Waals surface area (Å²) in [5, 5.41) is 0. The molecule has 0 aromatic heterocycles. The van der Waals surface area contributed by atoms with Gasteiger partial charge in [-0.3, -0.25) is 9.59 Å². The average molecular weight is 302 g/mol. The summed E-state index contributed by atoms with van der Waals surface area (Å²) in [5.41, 5.74) is 0. The van der Waals surface area contributed by atoms with E-state index >= 15 is 0 Å². The Bertz CT molecular complexity index is 365. The van der Waals surface area contributed by atoms with Gasteiger partial charge in [-0.1, -0.05) is 20.4 Å². The Labute approximate surface area is 126 Å². The van der Waals surface area contributed by atoms with Crippen LogP contribution >= 0.6 is 0 Å². The van der Waals surface area contributed by atoms with Gasteiger partial charge in [-0.05, 0) is 13.8 Å². The monoisotopic (exact) mass is 302 g/mol. The molecule has 1 aliphatic rings. The molecule has 0 saturated carbocycles. The first-order valence-corrected chi connectivity index (χ1v) is 7.09. The zero-order valence-corrected chi connectivity index (χ0v) is 13.7. The first-order chi connectivity index (χ1) is 9.81. The number of carbonyl (C=O) groups is 2. The van der Waals surface area contributed by atoms with E-state index in [4.69, 9.17) is 18.9 Å². The van der Waals surface area contributed by atoms with Gasteiger partial charge in [0, 0.05) is 13.8 Å². The topological polar surface area (TPSA) is 71.1 Å². The Balaban J connectivity index is 0.00000191. The van der Waals surface area contributed by atoms with Crippen molar-refractivity contribution in [3.05, 3.63) is 12.3 Å². The summed E-state index contributed by atoms with van der Waals surface area (Å²) in [7, 11) is 0.